The van der Waals surface area contributed by atoms with Crippen LogP contribution in [0.2, 0.25) is 18.1 Å². The van der Waals surface area contributed by atoms with E-state index in [9.17, 15) is 4.79 Å². The van der Waals surface area contributed by atoms with E-state index in [1.165, 1.54) is 84.2 Å². The fourth-order valence-electron chi connectivity index (χ4n) is 3.46. The van der Waals surface area contributed by atoms with Gasteiger partial charge in [0.2, 0.25) is 0 Å². The molecule has 0 aromatic heterocycles. The van der Waals surface area contributed by atoms with Crippen LogP contribution >= 0.6 is 0 Å². The molecule has 0 aliphatic heterocycles. The summed E-state index contributed by atoms with van der Waals surface area (Å²) in [5, 5.41) is 0.294. The maximum absolute atomic E-state index is 11.1. The Morgan fingerprint density at radius 1 is 0.793 bits per heavy atom. The van der Waals surface area contributed by atoms with Crippen molar-refractivity contribution in [2.75, 3.05) is 7.11 Å². The van der Waals surface area contributed by atoms with Crippen LogP contribution < -0.4 is 0 Å². The fraction of sp³-hybridized carbons (Fsp3) is 0.960. The van der Waals surface area contributed by atoms with Gasteiger partial charge in [0, 0.05) is 12.5 Å². The van der Waals surface area contributed by atoms with Gasteiger partial charge in [-0.3, -0.25) is 4.79 Å². The molecule has 0 amide bonds. The second-order valence-corrected chi connectivity index (χ2v) is 15.0. The molecular weight excluding hydrogens is 376 g/mol. The maximum Gasteiger partial charge on any atom is 0.305 e. The number of carbonyl (C=O) groups excluding carboxylic acids is 1. The van der Waals surface area contributed by atoms with Gasteiger partial charge >= 0.3 is 5.97 Å². The van der Waals surface area contributed by atoms with Crippen molar-refractivity contribution >= 4 is 14.3 Å². The number of methoxy groups -OCH3 is 1. The third-order valence-corrected chi connectivity index (χ3v) is 11.1. The van der Waals surface area contributed by atoms with Crippen LogP contribution in [0.5, 0.6) is 0 Å². The Bertz CT molecular complexity index is 401. The Morgan fingerprint density at radius 2 is 1.24 bits per heavy atom. The minimum atomic E-state index is -1.67. The first-order valence-electron chi connectivity index (χ1n) is 12.4. The molecule has 0 bridgehead atoms. The van der Waals surface area contributed by atoms with Crippen molar-refractivity contribution in [3.8, 4) is 0 Å². The molecule has 0 radical (unpaired) electrons. The smallest absolute Gasteiger partial charge is 0.305 e. The summed E-state index contributed by atoms with van der Waals surface area (Å²) in [5.41, 5.74) is 0. The van der Waals surface area contributed by atoms with Gasteiger partial charge in [0.05, 0.1) is 7.11 Å². The minimum absolute atomic E-state index is 0.0748. The Labute approximate surface area is 183 Å². The van der Waals surface area contributed by atoms with Crippen LogP contribution in [0.4, 0.5) is 0 Å². The predicted octanol–water partition coefficient (Wildman–Crippen LogP) is 8.42. The van der Waals surface area contributed by atoms with Gasteiger partial charge < -0.3 is 9.16 Å². The molecule has 29 heavy (non-hydrogen) atoms. The molecule has 0 N–H and O–H groups in total. The molecule has 0 fully saturated rings. The zero-order chi connectivity index (χ0) is 22.2. The lowest BCUT2D eigenvalue weighted by atomic mass is 10.0. The summed E-state index contributed by atoms with van der Waals surface area (Å²) < 4.78 is 11.5. The molecule has 174 valence electrons. The molecule has 0 saturated heterocycles. The quantitative estimate of drug-likeness (QED) is 0.125. The van der Waals surface area contributed by atoms with Crippen LogP contribution in [-0.2, 0) is 14.0 Å². The highest BCUT2D eigenvalue weighted by molar-refractivity contribution is 6.74. The van der Waals surface area contributed by atoms with Crippen molar-refractivity contribution in [1.29, 1.82) is 0 Å². The van der Waals surface area contributed by atoms with Crippen LogP contribution in [0, 0.1) is 0 Å². The summed E-state index contributed by atoms with van der Waals surface area (Å²) in [6, 6.07) is 0. The molecule has 4 heteroatoms. The molecular formula is C25H52O3Si. The number of ether oxygens (including phenoxy) is 1. The van der Waals surface area contributed by atoms with Gasteiger partial charge in [0.1, 0.15) is 0 Å². The monoisotopic (exact) mass is 428 g/mol. The summed E-state index contributed by atoms with van der Waals surface area (Å²) in [4.78, 5) is 11.1. The predicted molar refractivity (Wildman–Crippen MR) is 129 cm³/mol. The minimum Gasteiger partial charge on any atom is -0.469 e. The SMILES string of the molecule is CCCCCCC(CCCCCCCCCCC(=O)OC)O[Si](C)(C)C(C)(C)C. The van der Waals surface area contributed by atoms with E-state index in [1.54, 1.807) is 0 Å². The average Bonchev–Trinajstić information content (AvgIpc) is 2.64. The number of esters is 1. The summed E-state index contributed by atoms with van der Waals surface area (Å²) in [7, 11) is -0.207. The van der Waals surface area contributed by atoms with E-state index in [0.29, 0.717) is 17.6 Å². The Morgan fingerprint density at radius 3 is 1.69 bits per heavy atom. The van der Waals surface area contributed by atoms with E-state index in [-0.39, 0.29) is 5.97 Å². The second-order valence-electron chi connectivity index (χ2n) is 10.3. The third kappa shape index (κ3) is 15.1. The molecule has 0 rings (SSSR count). The van der Waals surface area contributed by atoms with Crippen molar-refractivity contribution in [2.45, 2.75) is 148 Å². The highest BCUT2D eigenvalue weighted by atomic mass is 28.4. The van der Waals surface area contributed by atoms with E-state index < -0.39 is 8.32 Å². The molecule has 0 aromatic rings. The molecule has 3 nitrogen and oxygen atoms in total. The van der Waals surface area contributed by atoms with Gasteiger partial charge in [0.25, 0.3) is 0 Å². The first-order chi connectivity index (χ1) is 13.6. The van der Waals surface area contributed by atoms with Crippen LogP contribution in [0.3, 0.4) is 0 Å². The van der Waals surface area contributed by atoms with Crippen LogP contribution in [0.25, 0.3) is 0 Å². The largest absolute Gasteiger partial charge is 0.469 e. The van der Waals surface area contributed by atoms with E-state index in [0.717, 1.165) is 12.8 Å². The molecule has 1 unspecified atom stereocenters. The van der Waals surface area contributed by atoms with Gasteiger partial charge in [-0.15, -0.1) is 0 Å². The highest BCUT2D eigenvalue weighted by Gasteiger charge is 2.38. The van der Waals surface area contributed by atoms with Crippen molar-refractivity contribution in [2.24, 2.45) is 0 Å². The number of unbranched alkanes of at least 4 members (excludes halogenated alkanes) is 10. The van der Waals surface area contributed by atoms with Gasteiger partial charge in [-0.2, -0.15) is 0 Å². The Kier molecular flexibility index (Phi) is 16.2. The summed E-state index contributed by atoms with van der Waals surface area (Å²) in [6.45, 7) is 14.1. The van der Waals surface area contributed by atoms with Crippen molar-refractivity contribution in [3.05, 3.63) is 0 Å². The summed E-state index contributed by atoms with van der Waals surface area (Å²) in [6.07, 6.45) is 18.8. The Balaban J connectivity index is 4.02. The molecule has 0 spiro atoms. The maximum atomic E-state index is 11.1. The second kappa shape index (κ2) is 16.4. The molecule has 1 atom stereocenters. The van der Waals surface area contributed by atoms with Crippen molar-refractivity contribution in [3.63, 3.8) is 0 Å². The van der Waals surface area contributed by atoms with Crippen LogP contribution in [0.15, 0.2) is 0 Å². The molecule has 0 saturated carbocycles. The average molecular weight is 429 g/mol. The zero-order valence-corrected chi connectivity index (χ0v) is 21.9. The topological polar surface area (TPSA) is 35.5 Å². The normalized spacial score (nSPS) is 13.5. The van der Waals surface area contributed by atoms with Gasteiger partial charge in [-0.1, -0.05) is 98.3 Å². The molecule has 0 heterocycles. The Hall–Kier alpha value is -0.353. The molecule has 0 aliphatic rings. The lowest BCUT2D eigenvalue weighted by Gasteiger charge is -2.39. The number of hydrogen-bond donors (Lipinski definition) is 0. The third-order valence-electron chi connectivity index (χ3n) is 6.53. The van der Waals surface area contributed by atoms with Gasteiger partial charge in [-0.05, 0) is 37.4 Å². The number of rotatable bonds is 18. The first kappa shape index (κ1) is 28.6. The number of hydrogen-bond acceptors (Lipinski definition) is 3. The summed E-state index contributed by atoms with van der Waals surface area (Å²) in [5.74, 6) is -0.0748. The van der Waals surface area contributed by atoms with Crippen molar-refractivity contribution in [1.82, 2.24) is 0 Å². The number of carbonyl (C=O) groups is 1. The standard InChI is InChI=1S/C25H52O3Si/c1-8-9-10-17-20-23(28-29(6,7)25(2,3)4)21-18-15-13-11-12-14-16-19-22-24(26)27-5/h23H,8-22H2,1-7H3. The first-order valence-corrected chi connectivity index (χ1v) is 15.3. The molecule has 0 aromatic carbocycles. The van der Waals surface area contributed by atoms with Gasteiger partial charge in [-0.25, -0.2) is 0 Å². The highest BCUT2D eigenvalue weighted by Crippen LogP contribution is 2.38. The fourth-order valence-corrected chi connectivity index (χ4v) is 4.88. The van der Waals surface area contributed by atoms with E-state index in [1.807, 2.05) is 0 Å². The van der Waals surface area contributed by atoms with Crippen molar-refractivity contribution < 1.29 is 14.0 Å². The van der Waals surface area contributed by atoms with Crippen LogP contribution in [0.1, 0.15) is 124 Å². The van der Waals surface area contributed by atoms with Crippen LogP contribution in [-0.4, -0.2) is 27.5 Å². The van der Waals surface area contributed by atoms with E-state index in [2.05, 4.69) is 45.5 Å². The van der Waals surface area contributed by atoms with E-state index in [4.69, 9.17) is 4.43 Å². The van der Waals surface area contributed by atoms with E-state index >= 15 is 0 Å². The summed E-state index contributed by atoms with van der Waals surface area (Å²) >= 11 is 0. The molecule has 0 aliphatic carbocycles. The van der Waals surface area contributed by atoms with Gasteiger partial charge in [0.15, 0.2) is 8.32 Å². The lowest BCUT2D eigenvalue weighted by molar-refractivity contribution is -0.140. The lowest BCUT2D eigenvalue weighted by Crippen LogP contribution is -2.44. The zero-order valence-electron chi connectivity index (χ0n) is 20.9.